The van der Waals surface area contributed by atoms with Crippen LogP contribution in [0.25, 0.3) is 11.8 Å². The summed E-state index contributed by atoms with van der Waals surface area (Å²) >= 11 is 1.03. The van der Waals surface area contributed by atoms with E-state index in [1.165, 1.54) is 42.6 Å². The normalized spacial score (nSPS) is 18.1. The van der Waals surface area contributed by atoms with Crippen molar-refractivity contribution < 1.29 is 9.59 Å². The van der Waals surface area contributed by atoms with E-state index in [2.05, 4.69) is 48.7 Å². The molecule has 180 valence electrons. The minimum absolute atomic E-state index is 0.214. The van der Waals surface area contributed by atoms with Crippen molar-refractivity contribution in [1.29, 1.82) is 0 Å². The van der Waals surface area contributed by atoms with Crippen LogP contribution < -0.4 is 0 Å². The lowest BCUT2D eigenvalue weighted by Crippen LogP contribution is -2.27. The molecule has 1 saturated heterocycles. The molecular formula is C30H32N2O2S. The Bertz CT molecular complexity index is 1280. The largest absolute Gasteiger partial charge is 0.318 e. The van der Waals surface area contributed by atoms with Gasteiger partial charge in [0.15, 0.2) is 0 Å². The monoisotopic (exact) mass is 484 g/mol. The van der Waals surface area contributed by atoms with E-state index in [4.69, 9.17) is 0 Å². The van der Waals surface area contributed by atoms with Gasteiger partial charge in [0.25, 0.3) is 11.1 Å². The first kappa shape index (κ1) is 23.7. The molecule has 0 N–H and O–H groups in total. The van der Waals surface area contributed by atoms with Gasteiger partial charge in [0, 0.05) is 17.1 Å². The molecule has 2 aliphatic rings. The van der Waals surface area contributed by atoms with E-state index in [1.54, 1.807) is 0 Å². The summed E-state index contributed by atoms with van der Waals surface area (Å²) in [5, 5.41) is -0.214. The molecule has 0 spiro atoms. The molecule has 0 radical (unpaired) electrons. The quantitative estimate of drug-likeness (QED) is 0.349. The number of benzene rings is 2. The van der Waals surface area contributed by atoms with Gasteiger partial charge in [-0.1, -0.05) is 61.2 Å². The molecule has 1 aliphatic carbocycles. The fraction of sp³-hybridized carbons (Fsp3) is 0.333. The molecule has 35 heavy (non-hydrogen) atoms. The van der Waals surface area contributed by atoms with Crippen LogP contribution in [0.15, 0.2) is 59.5 Å². The topological polar surface area (TPSA) is 42.3 Å². The smallest absolute Gasteiger partial charge is 0.293 e. The number of rotatable bonds is 5. The van der Waals surface area contributed by atoms with Crippen molar-refractivity contribution in [1.82, 2.24) is 9.47 Å². The second-order valence-electron chi connectivity index (χ2n) is 9.84. The maximum atomic E-state index is 13.1. The van der Waals surface area contributed by atoms with Gasteiger partial charge in [-0.25, -0.2) is 0 Å². The zero-order chi connectivity index (χ0) is 24.5. The van der Waals surface area contributed by atoms with E-state index in [-0.39, 0.29) is 11.1 Å². The van der Waals surface area contributed by atoms with Crippen LogP contribution in [-0.2, 0) is 11.3 Å². The Hall–Kier alpha value is -3.05. The molecule has 2 heterocycles. The SMILES string of the molecule is Cc1ccc(CN2C(=O)S/C(=C\c3cc(C)n(-c4ccc(C5CCCCC5)cc4)c3C)C2=O)cc1. The minimum atomic E-state index is -0.220. The number of aryl methyl sites for hydroxylation is 2. The second-order valence-corrected chi connectivity index (χ2v) is 10.8. The third kappa shape index (κ3) is 4.87. The molecule has 0 unspecified atom stereocenters. The predicted molar refractivity (Wildman–Crippen MR) is 144 cm³/mol. The summed E-state index contributed by atoms with van der Waals surface area (Å²) in [6.07, 6.45) is 8.50. The van der Waals surface area contributed by atoms with Gasteiger partial charge in [0.2, 0.25) is 0 Å². The highest BCUT2D eigenvalue weighted by Crippen LogP contribution is 2.36. The molecular weight excluding hydrogens is 452 g/mol. The Balaban J connectivity index is 1.36. The van der Waals surface area contributed by atoms with Crippen LogP contribution in [0.2, 0.25) is 0 Å². The summed E-state index contributed by atoms with van der Waals surface area (Å²) in [6.45, 7) is 6.48. The number of nitrogens with zero attached hydrogens (tertiary/aromatic N) is 2. The highest BCUT2D eigenvalue weighted by atomic mass is 32.2. The van der Waals surface area contributed by atoms with E-state index in [0.29, 0.717) is 17.4 Å². The van der Waals surface area contributed by atoms with E-state index >= 15 is 0 Å². The predicted octanol–water partition coefficient (Wildman–Crippen LogP) is 7.69. The molecule has 5 rings (SSSR count). The molecule has 1 aliphatic heterocycles. The first-order valence-electron chi connectivity index (χ1n) is 12.5. The van der Waals surface area contributed by atoms with Crippen LogP contribution in [0.4, 0.5) is 4.79 Å². The summed E-state index contributed by atoms with van der Waals surface area (Å²) in [5.41, 5.74) is 7.83. The fourth-order valence-electron chi connectivity index (χ4n) is 5.32. The molecule has 0 bridgehead atoms. The first-order valence-corrected chi connectivity index (χ1v) is 13.3. The molecule has 2 amide bonds. The maximum absolute atomic E-state index is 13.1. The van der Waals surface area contributed by atoms with Gasteiger partial charge in [0.05, 0.1) is 11.4 Å². The van der Waals surface area contributed by atoms with E-state index in [0.717, 1.165) is 45.5 Å². The Morgan fingerprint density at radius 3 is 2.29 bits per heavy atom. The van der Waals surface area contributed by atoms with Crippen molar-refractivity contribution in [3.05, 3.63) is 93.1 Å². The molecule has 4 nitrogen and oxygen atoms in total. The highest BCUT2D eigenvalue weighted by Gasteiger charge is 2.35. The summed E-state index contributed by atoms with van der Waals surface area (Å²) in [7, 11) is 0. The van der Waals surface area contributed by atoms with Gasteiger partial charge in [-0.3, -0.25) is 14.5 Å². The van der Waals surface area contributed by atoms with Crippen LogP contribution in [0.3, 0.4) is 0 Å². The maximum Gasteiger partial charge on any atom is 0.293 e. The third-order valence-corrected chi connectivity index (χ3v) is 8.23. The van der Waals surface area contributed by atoms with E-state index in [1.807, 2.05) is 37.3 Å². The number of thioether (sulfide) groups is 1. The van der Waals surface area contributed by atoms with Crippen molar-refractivity contribution in [3.8, 4) is 5.69 Å². The van der Waals surface area contributed by atoms with Crippen LogP contribution in [0.1, 0.15) is 71.7 Å². The summed E-state index contributed by atoms with van der Waals surface area (Å²) in [5.74, 6) is 0.470. The van der Waals surface area contributed by atoms with E-state index < -0.39 is 0 Å². The molecule has 5 heteroatoms. The van der Waals surface area contributed by atoms with Crippen molar-refractivity contribution in [3.63, 3.8) is 0 Å². The van der Waals surface area contributed by atoms with Crippen LogP contribution in [0.5, 0.6) is 0 Å². The first-order chi connectivity index (χ1) is 16.9. The minimum Gasteiger partial charge on any atom is -0.318 e. The van der Waals surface area contributed by atoms with Crippen LogP contribution in [0, 0.1) is 20.8 Å². The zero-order valence-corrected chi connectivity index (χ0v) is 21.5. The van der Waals surface area contributed by atoms with Crippen molar-refractivity contribution in [2.75, 3.05) is 0 Å². The van der Waals surface area contributed by atoms with Gasteiger partial charge in [-0.15, -0.1) is 0 Å². The number of hydrogen-bond donors (Lipinski definition) is 0. The number of hydrogen-bond acceptors (Lipinski definition) is 3. The lowest BCUT2D eigenvalue weighted by atomic mass is 9.84. The average molecular weight is 485 g/mol. The summed E-state index contributed by atoms with van der Waals surface area (Å²) in [6, 6.07) is 19.0. The average Bonchev–Trinajstić information content (AvgIpc) is 3.30. The van der Waals surface area contributed by atoms with Gasteiger partial charge in [0.1, 0.15) is 0 Å². The molecule has 1 saturated carbocycles. The number of amides is 2. The zero-order valence-electron chi connectivity index (χ0n) is 20.7. The molecule has 3 aromatic rings. The molecule has 2 fully saturated rings. The standard InChI is InChI=1S/C30H32N2O2S/c1-20-9-11-23(12-10-20)19-31-29(33)28(35-30(31)34)18-26-17-21(2)32(22(26)3)27-15-13-25(14-16-27)24-7-5-4-6-8-24/h9-18,24H,4-8,19H2,1-3H3/b28-18-. The van der Waals surface area contributed by atoms with Gasteiger partial charge in [-0.05, 0) is 92.3 Å². The lowest BCUT2D eigenvalue weighted by Gasteiger charge is -2.22. The Morgan fingerprint density at radius 1 is 0.914 bits per heavy atom. The van der Waals surface area contributed by atoms with Gasteiger partial charge in [-0.2, -0.15) is 0 Å². The third-order valence-electron chi connectivity index (χ3n) is 7.32. The summed E-state index contributed by atoms with van der Waals surface area (Å²) < 4.78 is 2.23. The lowest BCUT2D eigenvalue weighted by molar-refractivity contribution is -0.123. The number of aromatic nitrogens is 1. The van der Waals surface area contributed by atoms with Crippen LogP contribution in [-0.4, -0.2) is 20.6 Å². The molecule has 0 atom stereocenters. The highest BCUT2D eigenvalue weighted by molar-refractivity contribution is 8.18. The van der Waals surface area contributed by atoms with Gasteiger partial charge >= 0.3 is 0 Å². The van der Waals surface area contributed by atoms with Crippen molar-refractivity contribution in [2.45, 2.75) is 65.3 Å². The second kappa shape index (κ2) is 9.90. The number of imide groups is 1. The fourth-order valence-corrected chi connectivity index (χ4v) is 6.15. The summed E-state index contributed by atoms with van der Waals surface area (Å²) in [4.78, 5) is 27.5. The van der Waals surface area contributed by atoms with Crippen LogP contribution >= 0.6 is 11.8 Å². The van der Waals surface area contributed by atoms with Crippen molar-refractivity contribution >= 4 is 29.0 Å². The van der Waals surface area contributed by atoms with Gasteiger partial charge < -0.3 is 4.57 Å². The number of carbonyl (C=O) groups is 2. The molecule has 1 aromatic heterocycles. The number of carbonyl (C=O) groups excluding carboxylic acids is 2. The molecule has 2 aromatic carbocycles. The van der Waals surface area contributed by atoms with Crippen molar-refractivity contribution in [2.24, 2.45) is 0 Å². The Kier molecular flexibility index (Phi) is 6.70. The van der Waals surface area contributed by atoms with E-state index in [9.17, 15) is 9.59 Å². The Labute approximate surface area is 212 Å². The Morgan fingerprint density at radius 2 is 1.60 bits per heavy atom.